The van der Waals surface area contributed by atoms with E-state index in [0.717, 1.165) is 0 Å². The lowest BCUT2D eigenvalue weighted by Crippen LogP contribution is -2.51. The van der Waals surface area contributed by atoms with Crippen molar-refractivity contribution in [3.05, 3.63) is 21.9 Å². The number of hydrogen-bond acceptors (Lipinski definition) is 7. The summed E-state index contributed by atoms with van der Waals surface area (Å²) < 4.78 is 4.88. The van der Waals surface area contributed by atoms with Crippen LogP contribution in [-0.4, -0.2) is 70.5 Å². The Morgan fingerprint density at radius 3 is 2.67 bits per heavy atom. The molecule has 10 heteroatoms. The van der Waals surface area contributed by atoms with E-state index in [9.17, 15) is 19.7 Å². The Morgan fingerprint density at radius 1 is 1.42 bits per heavy atom. The molecule has 2 heterocycles. The molecule has 2 unspecified atom stereocenters. The minimum absolute atomic E-state index is 0.140. The smallest absolute Gasteiger partial charge is 0.239 e. The minimum atomic E-state index is -0.716. The first-order valence-electron chi connectivity index (χ1n) is 7.82. The van der Waals surface area contributed by atoms with Gasteiger partial charge >= 0.3 is 0 Å². The Hall–Kier alpha value is -2.49. The van der Waals surface area contributed by atoms with Gasteiger partial charge in [-0.05, 0) is 6.92 Å². The molecule has 0 aromatic carbocycles. The van der Waals surface area contributed by atoms with Crippen molar-refractivity contribution in [2.45, 2.75) is 19.4 Å². The second kappa shape index (κ2) is 6.56. The van der Waals surface area contributed by atoms with E-state index in [2.05, 4.69) is 10.5 Å². The van der Waals surface area contributed by atoms with Gasteiger partial charge in [-0.1, -0.05) is 5.16 Å². The summed E-state index contributed by atoms with van der Waals surface area (Å²) in [6.45, 7) is 4.03. The third kappa shape index (κ3) is 3.70. The van der Waals surface area contributed by atoms with Crippen LogP contribution in [0, 0.1) is 23.0 Å². The Bertz CT molecular complexity index is 652. The number of nitrogens with zero attached hydrogens (tertiary/aromatic N) is 4. The molecule has 130 valence electrons. The van der Waals surface area contributed by atoms with Crippen LogP contribution in [-0.2, 0) is 9.59 Å². The molecular formula is C14H19N5O5. The van der Waals surface area contributed by atoms with E-state index in [1.165, 1.54) is 0 Å². The molecule has 1 saturated carbocycles. The van der Waals surface area contributed by atoms with Gasteiger partial charge in [0.1, 0.15) is 11.7 Å². The van der Waals surface area contributed by atoms with Gasteiger partial charge < -0.3 is 14.7 Å². The van der Waals surface area contributed by atoms with Crippen LogP contribution in [0.3, 0.4) is 0 Å². The van der Waals surface area contributed by atoms with E-state index >= 15 is 0 Å². The zero-order chi connectivity index (χ0) is 17.3. The third-order valence-corrected chi connectivity index (χ3v) is 4.29. The van der Waals surface area contributed by atoms with Crippen molar-refractivity contribution in [3.8, 4) is 0 Å². The van der Waals surface area contributed by atoms with Crippen molar-refractivity contribution >= 4 is 17.6 Å². The van der Waals surface area contributed by atoms with Crippen LogP contribution in [0.2, 0.25) is 0 Å². The molecule has 1 saturated heterocycles. The fourth-order valence-corrected chi connectivity index (χ4v) is 2.85. The number of piperazine rings is 1. The van der Waals surface area contributed by atoms with Crippen LogP contribution in [0.5, 0.6) is 0 Å². The van der Waals surface area contributed by atoms with Gasteiger partial charge in [0.05, 0.1) is 6.54 Å². The predicted octanol–water partition coefficient (Wildman–Crippen LogP) is -0.269. The first-order chi connectivity index (χ1) is 11.4. The van der Waals surface area contributed by atoms with E-state index in [1.807, 2.05) is 4.90 Å². The summed E-state index contributed by atoms with van der Waals surface area (Å²) in [6.07, 6.45) is 0.339. The number of carbonyl (C=O) groups excluding carboxylic acids is 2. The zero-order valence-electron chi connectivity index (χ0n) is 13.3. The topological polar surface area (TPSA) is 122 Å². The SMILES string of the molecule is Cc1cc(NC(=O)CN2CCN(C(=O)C3CC3[N+](=O)[O-])CC2)no1. The molecule has 0 radical (unpaired) electrons. The first kappa shape index (κ1) is 16.4. The number of hydrogen-bond donors (Lipinski definition) is 1. The number of nitro groups is 1. The van der Waals surface area contributed by atoms with E-state index < -0.39 is 12.0 Å². The van der Waals surface area contributed by atoms with Gasteiger partial charge in [0.25, 0.3) is 0 Å². The molecule has 10 nitrogen and oxygen atoms in total. The van der Waals surface area contributed by atoms with Gasteiger partial charge in [0, 0.05) is 43.6 Å². The number of aryl methyl sites for hydroxylation is 1. The van der Waals surface area contributed by atoms with Crippen LogP contribution < -0.4 is 5.32 Å². The maximum absolute atomic E-state index is 12.2. The van der Waals surface area contributed by atoms with Crippen LogP contribution in [0.15, 0.2) is 10.6 Å². The monoisotopic (exact) mass is 337 g/mol. The lowest BCUT2D eigenvalue weighted by molar-refractivity contribution is -0.497. The number of nitrogens with one attached hydrogen (secondary N) is 1. The Morgan fingerprint density at radius 2 is 2.12 bits per heavy atom. The van der Waals surface area contributed by atoms with Gasteiger partial charge in [-0.2, -0.15) is 0 Å². The second-order valence-corrected chi connectivity index (χ2v) is 6.17. The molecule has 2 atom stereocenters. The second-order valence-electron chi connectivity index (χ2n) is 6.17. The van der Waals surface area contributed by atoms with Gasteiger partial charge in [-0.25, -0.2) is 0 Å². The van der Waals surface area contributed by atoms with Crippen LogP contribution >= 0.6 is 0 Å². The number of aromatic nitrogens is 1. The normalized spacial score (nSPS) is 23.8. The molecule has 1 aliphatic heterocycles. The van der Waals surface area contributed by atoms with Crippen molar-refractivity contribution in [3.63, 3.8) is 0 Å². The van der Waals surface area contributed by atoms with E-state index in [0.29, 0.717) is 44.2 Å². The number of rotatable bonds is 5. The van der Waals surface area contributed by atoms with Crippen LogP contribution in [0.1, 0.15) is 12.2 Å². The molecule has 2 fully saturated rings. The fraction of sp³-hybridized carbons (Fsp3) is 0.643. The number of anilines is 1. The molecule has 2 amide bonds. The molecule has 2 aliphatic rings. The van der Waals surface area contributed by atoms with Crippen molar-refractivity contribution in [2.24, 2.45) is 5.92 Å². The highest BCUT2D eigenvalue weighted by Crippen LogP contribution is 2.34. The first-order valence-corrected chi connectivity index (χ1v) is 7.82. The summed E-state index contributed by atoms with van der Waals surface area (Å²) in [6, 6.07) is 0.919. The van der Waals surface area contributed by atoms with E-state index in [1.54, 1.807) is 17.9 Å². The molecule has 0 spiro atoms. The highest BCUT2D eigenvalue weighted by molar-refractivity contribution is 5.91. The Kier molecular flexibility index (Phi) is 4.47. The van der Waals surface area contributed by atoms with E-state index in [-0.39, 0.29) is 23.3 Å². The Labute approximate surface area is 137 Å². The summed E-state index contributed by atoms with van der Waals surface area (Å²) in [5.41, 5.74) is 0. The predicted molar refractivity (Wildman–Crippen MR) is 81.8 cm³/mol. The summed E-state index contributed by atoms with van der Waals surface area (Å²) in [7, 11) is 0. The molecule has 1 aromatic rings. The van der Waals surface area contributed by atoms with E-state index in [4.69, 9.17) is 4.52 Å². The van der Waals surface area contributed by atoms with Crippen LogP contribution in [0.4, 0.5) is 5.82 Å². The van der Waals surface area contributed by atoms with Gasteiger partial charge in [-0.3, -0.25) is 24.6 Å². The molecule has 1 aromatic heterocycles. The highest BCUT2D eigenvalue weighted by atomic mass is 16.6. The molecule has 1 aliphatic carbocycles. The minimum Gasteiger partial charge on any atom is -0.360 e. The summed E-state index contributed by atoms with van der Waals surface area (Å²) in [5, 5.41) is 17.0. The third-order valence-electron chi connectivity index (χ3n) is 4.29. The van der Waals surface area contributed by atoms with Crippen molar-refractivity contribution in [1.29, 1.82) is 0 Å². The fourth-order valence-electron chi connectivity index (χ4n) is 2.85. The van der Waals surface area contributed by atoms with Crippen molar-refractivity contribution in [2.75, 3.05) is 38.0 Å². The standard InChI is InChI=1S/C14H19N5O5/c1-9-6-12(16-24-9)15-13(20)8-17-2-4-18(5-3-17)14(21)10-7-11(10)19(22)23/h6,10-11H,2-5,7-8H2,1H3,(H,15,16,20). The maximum atomic E-state index is 12.2. The zero-order valence-corrected chi connectivity index (χ0v) is 13.3. The lowest BCUT2D eigenvalue weighted by atomic mass is 10.2. The quantitative estimate of drug-likeness (QED) is 0.580. The summed E-state index contributed by atoms with van der Waals surface area (Å²) in [5.74, 6) is 0.194. The van der Waals surface area contributed by atoms with Gasteiger partial charge in [0.15, 0.2) is 5.82 Å². The average molecular weight is 337 g/mol. The van der Waals surface area contributed by atoms with Gasteiger partial charge in [-0.15, -0.1) is 0 Å². The molecule has 1 N–H and O–H groups in total. The molecule has 0 bridgehead atoms. The van der Waals surface area contributed by atoms with Crippen molar-refractivity contribution in [1.82, 2.24) is 15.0 Å². The maximum Gasteiger partial charge on any atom is 0.239 e. The lowest BCUT2D eigenvalue weighted by Gasteiger charge is -2.34. The molecular weight excluding hydrogens is 318 g/mol. The molecule has 3 rings (SSSR count). The number of carbonyl (C=O) groups is 2. The number of amides is 2. The summed E-state index contributed by atoms with van der Waals surface area (Å²) in [4.78, 5) is 38.0. The molecule has 24 heavy (non-hydrogen) atoms. The largest absolute Gasteiger partial charge is 0.360 e. The highest BCUT2D eigenvalue weighted by Gasteiger charge is 2.54. The van der Waals surface area contributed by atoms with Gasteiger partial charge in [0.2, 0.25) is 17.9 Å². The average Bonchev–Trinajstić information content (AvgIpc) is 3.25. The Balaban J connectivity index is 1.41. The van der Waals surface area contributed by atoms with Crippen LogP contribution in [0.25, 0.3) is 0 Å². The van der Waals surface area contributed by atoms with Crippen molar-refractivity contribution < 1.29 is 19.0 Å². The summed E-state index contributed by atoms with van der Waals surface area (Å²) >= 11 is 0.